The van der Waals surface area contributed by atoms with Crippen molar-refractivity contribution in [1.82, 2.24) is 53.2 Å². The largest absolute Gasteiger partial charge is 0.490 e. The smallest absolute Gasteiger partial charge is 0.480 e. The van der Waals surface area contributed by atoms with Crippen molar-refractivity contribution in [2.24, 2.45) is 39.9 Å². The van der Waals surface area contributed by atoms with Crippen LogP contribution in [0.4, 0.5) is 22.8 Å². The first-order valence-electron chi connectivity index (χ1n) is 30.9. The highest BCUT2D eigenvalue weighted by Gasteiger charge is 2.41. The van der Waals surface area contributed by atoms with Crippen LogP contribution in [0.5, 0.6) is 0 Å². The average molecular weight is 1420 g/mol. The van der Waals surface area contributed by atoms with Crippen LogP contribution in [0, 0.1) is 17.8 Å². The fraction of sp³-hybridized carbons (Fsp3) is 0.574. The maximum absolute atomic E-state index is 14.3. The number of amides is 11. The van der Waals surface area contributed by atoms with Gasteiger partial charge in [-0.05, 0) is 75.8 Å². The number of alkyl halides is 3. The predicted molar refractivity (Wildman–Crippen MR) is 344 cm³/mol. The molecule has 0 saturated heterocycles. The zero-order valence-electron chi connectivity index (χ0n) is 56.2. The number of alkyl carbamates (subject to hydrolysis) is 2. The van der Waals surface area contributed by atoms with Crippen LogP contribution >= 0.6 is 0 Å². The van der Waals surface area contributed by atoms with Gasteiger partial charge < -0.3 is 110 Å². The first kappa shape index (κ1) is 87.1. The quantitative estimate of drug-likeness (QED) is 0.0184. The summed E-state index contributed by atoms with van der Waals surface area (Å²) in [5.41, 5.74) is 16.0. The molecule has 0 aliphatic carbocycles. The minimum absolute atomic E-state index is 0.0101. The second-order valence-corrected chi connectivity index (χ2v) is 24.2. The minimum Gasteiger partial charge on any atom is -0.480 e. The Morgan fingerprint density at radius 1 is 0.586 bits per heavy atom. The lowest BCUT2D eigenvalue weighted by molar-refractivity contribution is -0.192. The van der Waals surface area contributed by atoms with Gasteiger partial charge in [-0.3, -0.25) is 48.1 Å². The number of aliphatic imine (C=N–C) groups is 1. The monoisotopic (exact) mass is 1410 g/mol. The van der Waals surface area contributed by atoms with Gasteiger partial charge in [-0.1, -0.05) is 109 Å². The molecular weight excluding hydrogens is 1320 g/mol. The maximum atomic E-state index is 14.3. The summed E-state index contributed by atoms with van der Waals surface area (Å²) in [6.45, 7) is 13.2. The van der Waals surface area contributed by atoms with E-state index in [0.717, 1.165) is 6.92 Å². The number of rotatable bonds is 37. The number of nitrogens with two attached hydrogens (primary N) is 3. The molecule has 2 rings (SSSR count). The van der Waals surface area contributed by atoms with E-state index in [0.29, 0.717) is 5.56 Å². The minimum atomic E-state index is -5.08. The molecule has 0 spiro atoms. The Bertz CT molecular complexity index is 3070. The molecule has 2 aromatic carbocycles. The molecule has 0 radical (unpaired) electrons. The number of carbonyl (C=O) groups excluding carboxylic acids is 11. The molecular formula is C61H93F3N14O21. The van der Waals surface area contributed by atoms with Gasteiger partial charge in [0.1, 0.15) is 54.5 Å². The van der Waals surface area contributed by atoms with Crippen molar-refractivity contribution < 1.29 is 116 Å². The van der Waals surface area contributed by atoms with E-state index >= 15 is 0 Å². The highest BCUT2D eigenvalue weighted by molar-refractivity contribution is 5.99. The topological polar surface area (TPSA) is 572 Å². The molecule has 35 nitrogen and oxygen atoms in total. The van der Waals surface area contributed by atoms with Crippen molar-refractivity contribution >= 4 is 83.2 Å². The van der Waals surface area contributed by atoms with Gasteiger partial charge in [0.15, 0.2) is 18.1 Å². The van der Waals surface area contributed by atoms with E-state index in [1.807, 2.05) is 10.6 Å². The highest BCUT2D eigenvalue weighted by atomic mass is 19.4. The van der Waals surface area contributed by atoms with E-state index in [4.69, 9.17) is 36.6 Å². The fourth-order valence-corrected chi connectivity index (χ4v) is 8.60. The van der Waals surface area contributed by atoms with Crippen LogP contribution in [-0.2, 0) is 68.8 Å². The number of hydrogen-bond acceptors (Lipinski definition) is 20. The molecule has 0 fully saturated rings. The van der Waals surface area contributed by atoms with E-state index in [9.17, 15) is 96.2 Å². The second-order valence-electron chi connectivity index (χ2n) is 24.2. The van der Waals surface area contributed by atoms with Gasteiger partial charge >= 0.3 is 30.3 Å². The number of guanidine groups is 1. The molecule has 0 bridgehead atoms. The number of hydrogen-bond donors (Lipinski definition) is 19. The van der Waals surface area contributed by atoms with Gasteiger partial charge in [0, 0.05) is 6.54 Å². The summed E-state index contributed by atoms with van der Waals surface area (Å²) >= 11 is 0. The SMILES string of the molecule is CC[C@H](C)[C@H](NC(=O)[C@@H](CCCN=C(N)N)NC(=O)[C@H](CC(C)C)NC(=O)[C@@H](NC(=O)OC(C)(C)C)[C@H](O)C(C)C)C(=O)NC(C(=O)NCC(=O)N[C@H](C(=O)N[C@@H](CO)C(=O)N[C@H](c1ccccc1)[C@H](NC(=O)OCc1ccccc1)C(=O)O)[C@H](O)C(N)=O)[C@H](C)O.O=C(O)C(F)(F)F. The van der Waals surface area contributed by atoms with E-state index in [-0.39, 0.29) is 56.3 Å². The van der Waals surface area contributed by atoms with Crippen LogP contribution < -0.4 is 70.4 Å². The third-order valence-corrected chi connectivity index (χ3v) is 14.0. The van der Waals surface area contributed by atoms with E-state index in [1.165, 1.54) is 24.3 Å². The lowest BCUT2D eigenvalue weighted by atomic mass is 9.96. The molecule has 99 heavy (non-hydrogen) atoms. The first-order valence-corrected chi connectivity index (χ1v) is 30.9. The number of aliphatic carboxylic acids is 2. The molecule has 38 heteroatoms. The van der Waals surface area contributed by atoms with Gasteiger partial charge in [0.25, 0.3) is 0 Å². The van der Waals surface area contributed by atoms with Gasteiger partial charge in [-0.25, -0.2) is 19.2 Å². The van der Waals surface area contributed by atoms with Crippen molar-refractivity contribution in [2.45, 2.75) is 186 Å². The number of aliphatic hydroxyl groups is 4. The average Bonchev–Trinajstić information content (AvgIpc) is 0.842. The molecule has 0 saturated carbocycles. The summed E-state index contributed by atoms with van der Waals surface area (Å²) in [4.78, 5) is 174. The molecule has 0 aromatic heterocycles. The van der Waals surface area contributed by atoms with Crippen LogP contribution in [0.1, 0.15) is 112 Å². The Kier molecular flexibility index (Phi) is 36.9. The Balaban J connectivity index is 0.00000661. The fourth-order valence-electron chi connectivity index (χ4n) is 8.60. The van der Waals surface area contributed by atoms with Crippen molar-refractivity contribution in [1.29, 1.82) is 0 Å². The molecule has 2 aromatic rings. The van der Waals surface area contributed by atoms with Crippen LogP contribution in [0.2, 0.25) is 0 Å². The number of nitrogens with one attached hydrogen (secondary N) is 10. The van der Waals surface area contributed by atoms with Crippen molar-refractivity contribution in [3.8, 4) is 0 Å². The number of halogens is 3. The number of carboxylic acids is 2. The Labute approximate surface area is 567 Å². The Hall–Kier alpha value is -9.95. The summed E-state index contributed by atoms with van der Waals surface area (Å²) in [7, 11) is 0. The van der Waals surface area contributed by atoms with E-state index < -0.39 is 187 Å². The standard InChI is InChI=1S/C59H92N14O19.C2HF3O2/c1-11-31(6)39(69-48(80)35(23-18-24-63-56(61)62)65-49(81)36(25-29(2)3)66-53(85)43(45(77)30(4)5)73-58(90)92-59(8,9)10)52(84)70-40(32(7)75)51(83)64-26-38(76)68-44(46(78)47(60)79)54(86)67-37(27-74)50(82)71-41(34-21-16-13-17-22-34)42(55(87)88)72-57(89)91-28-33-19-14-12-15-20-33;3-2(4,5)1(6)7/h12-17,19-22,29-32,35-37,39-46,74-75,77-78H,11,18,23-28H2,1-10H3,(H2,60,79)(H,64,83)(H,65,81)(H,66,85)(H,67,86)(H,68,76)(H,69,80)(H,70,84)(H,71,82)(H,72,89)(H,73,90)(H,87,88)(H4,61,62,63);(H,6,7)/t31-,32-,35+,36-,37-,39-,40?,41+,42-,43-,44-,45+,46-;/m0./s1. The van der Waals surface area contributed by atoms with Crippen LogP contribution in [-0.4, -0.2) is 212 Å². The van der Waals surface area contributed by atoms with Gasteiger partial charge in [0.05, 0.1) is 31.4 Å². The number of nitrogens with zero attached hydrogens (tertiary/aromatic N) is 1. The third kappa shape index (κ3) is 32.3. The number of aliphatic hydroxyl groups excluding tert-OH is 4. The number of ether oxygens (including phenoxy) is 2. The molecule has 0 aliphatic rings. The lowest BCUT2D eigenvalue weighted by Gasteiger charge is -2.31. The molecule has 13 atom stereocenters. The number of primary amides is 1. The van der Waals surface area contributed by atoms with E-state index in [1.54, 1.807) is 98.7 Å². The molecule has 22 N–H and O–H groups in total. The highest BCUT2D eigenvalue weighted by Crippen LogP contribution is 2.20. The zero-order chi connectivity index (χ0) is 75.8. The van der Waals surface area contributed by atoms with E-state index in [2.05, 4.69) is 47.5 Å². The van der Waals surface area contributed by atoms with Crippen molar-refractivity contribution in [3.63, 3.8) is 0 Å². The third-order valence-electron chi connectivity index (χ3n) is 14.0. The zero-order valence-corrected chi connectivity index (χ0v) is 56.2. The second kappa shape index (κ2) is 42.0. The molecule has 1 unspecified atom stereocenters. The van der Waals surface area contributed by atoms with Crippen LogP contribution in [0.15, 0.2) is 65.7 Å². The summed E-state index contributed by atoms with van der Waals surface area (Å²) < 4.78 is 42.2. The normalized spacial score (nSPS) is 15.2. The summed E-state index contributed by atoms with van der Waals surface area (Å²) in [6, 6.07) is -0.0564. The molecule has 11 amide bonds. The van der Waals surface area contributed by atoms with Crippen molar-refractivity contribution in [2.75, 3.05) is 19.7 Å². The Morgan fingerprint density at radius 3 is 1.57 bits per heavy atom. The number of carboxylic acid groups (broad SMARTS) is 2. The number of carbonyl (C=O) groups is 13. The van der Waals surface area contributed by atoms with Crippen molar-refractivity contribution in [3.05, 3.63) is 71.8 Å². The van der Waals surface area contributed by atoms with Gasteiger partial charge in [0.2, 0.25) is 53.2 Å². The first-order chi connectivity index (χ1) is 46.0. The van der Waals surface area contributed by atoms with Crippen LogP contribution in [0.25, 0.3) is 0 Å². The molecule has 0 aliphatic heterocycles. The summed E-state index contributed by atoms with van der Waals surface area (Å²) in [5.74, 6) is -17.0. The number of benzene rings is 2. The van der Waals surface area contributed by atoms with Gasteiger partial charge in [-0.15, -0.1) is 0 Å². The van der Waals surface area contributed by atoms with Gasteiger partial charge in [-0.2, -0.15) is 13.2 Å². The summed E-state index contributed by atoms with van der Waals surface area (Å²) in [5, 5.41) is 83.3. The maximum Gasteiger partial charge on any atom is 0.490 e. The summed E-state index contributed by atoms with van der Waals surface area (Å²) in [6.07, 6.45) is -12.9. The Morgan fingerprint density at radius 2 is 1.08 bits per heavy atom. The molecule has 554 valence electrons. The van der Waals surface area contributed by atoms with Crippen LogP contribution in [0.3, 0.4) is 0 Å². The molecule has 0 heterocycles. The lowest BCUT2D eigenvalue weighted by Crippen LogP contribution is -2.63. The predicted octanol–water partition coefficient (Wildman–Crippen LogP) is -2.84.